The molecule has 1 amide bonds. The summed E-state index contributed by atoms with van der Waals surface area (Å²) in [7, 11) is -1.49. The van der Waals surface area contributed by atoms with Gasteiger partial charge in [0, 0.05) is 44.3 Å². The van der Waals surface area contributed by atoms with Crippen LogP contribution in [0, 0.1) is 20.8 Å². The molecule has 43 heavy (non-hydrogen) atoms. The summed E-state index contributed by atoms with van der Waals surface area (Å²) in [6, 6.07) is 9.04. The summed E-state index contributed by atoms with van der Waals surface area (Å²) in [6.45, 7) is 9.66. The van der Waals surface area contributed by atoms with E-state index in [1.165, 1.54) is 21.7 Å². The second-order valence-corrected chi connectivity index (χ2v) is 14.7. The maximum atomic E-state index is 13.7. The molecule has 3 aliphatic heterocycles. The van der Waals surface area contributed by atoms with Crippen molar-refractivity contribution in [2.24, 2.45) is 0 Å². The third-order valence-corrected chi connectivity index (χ3v) is 10.9. The number of piperidine rings is 2. The fraction of sp³-hybridized carbons (Fsp3) is 0.656. The number of carbonyl (C=O) groups is 1. The molecule has 0 spiro atoms. The summed E-state index contributed by atoms with van der Waals surface area (Å²) in [6.07, 6.45) is 8.10. The van der Waals surface area contributed by atoms with E-state index in [1.54, 1.807) is 7.05 Å². The lowest BCUT2D eigenvalue weighted by Gasteiger charge is -2.43. The first kappa shape index (κ1) is 31.8. The molecule has 2 aromatic rings. The summed E-state index contributed by atoms with van der Waals surface area (Å²) in [5.41, 5.74) is 3.73. The zero-order valence-corrected chi connectivity index (χ0v) is 27.2. The van der Waals surface area contributed by atoms with Crippen LogP contribution in [0.4, 0.5) is 5.82 Å². The number of anilines is 1. The zero-order valence-electron chi connectivity index (χ0n) is 26.4. The topological polar surface area (TPSA) is 108 Å². The van der Waals surface area contributed by atoms with Crippen LogP contribution in [0.5, 0.6) is 0 Å². The molecule has 5 rings (SSSR count). The lowest BCUT2D eigenvalue weighted by Crippen LogP contribution is -2.52. The smallest absolute Gasteiger partial charge is 0.272 e. The third kappa shape index (κ3) is 7.74. The van der Waals surface area contributed by atoms with Crippen LogP contribution in [0.1, 0.15) is 84.1 Å². The van der Waals surface area contributed by atoms with Gasteiger partial charge >= 0.3 is 0 Å². The van der Waals surface area contributed by atoms with Crippen LogP contribution in [0.2, 0.25) is 0 Å². The first-order valence-electron chi connectivity index (χ1n) is 15.8. The van der Waals surface area contributed by atoms with Gasteiger partial charge in [0.1, 0.15) is 17.3 Å². The molecule has 4 heterocycles. The lowest BCUT2D eigenvalue weighted by atomic mass is 9.97. The number of aryl methyl sites for hydroxylation is 2. The monoisotopic (exact) mass is 612 g/mol. The number of nitrogens with zero attached hydrogens (tertiary/aromatic N) is 5. The van der Waals surface area contributed by atoms with Crippen LogP contribution in [0.3, 0.4) is 0 Å². The molecular weight excluding hydrogens is 564 g/mol. The number of benzene rings is 1. The molecule has 236 valence electrons. The molecule has 0 aliphatic carbocycles. The maximum absolute atomic E-state index is 13.7. The number of hydrogen-bond acceptors (Lipinski definition) is 8. The van der Waals surface area contributed by atoms with E-state index in [0.717, 1.165) is 63.6 Å². The van der Waals surface area contributed by atoms with E-state index >= 15 is 0 Å². The van der Waals surface area contributed by atoms with Gasteiger partial charge < -0.3 is 19.9 Å². The molecule has 3 saturated heterocycles. The summed E-state index contributed by atoms with van der Waals surface area (Å²) in [5.74, 6) is 1.25. The molecule has 0 bridgehead atoms. The molecule has 3 fully saturated rings. The van der Waals surface area contributed by atoms with Gasteiger partial charge in [0.05, 0.1) is 18.5 Å². The Balaban J connectivity index is 1.15. The summed E-state index contributed by atoms with van der Waals surface area (Å²) in [5, 5.41) is 3.48. The summed E-state index contributed by atoms with van der Waals surface area (Å²) < 4.78 is 31.9. The lowest BCUT2D eigenvalue weighted by molar-refractivity contribution is -0.0442. The quantitative estimate of drug-likeness (QED) is 0.475. The summed E-state index contributed by atoms with van der Waals surface area (Å²) >= 11 is 0. The van der Waals surface area contributed by atoms with Crippen molar-refractivity contribution in [1.29, 1.82) is 0 Å². The highest BCUT2D eigenvalue weighted by molar-refractivity contribution is 7.88. The molecule has 3 aliphatic rings. The first-order valence-corrected chi connectivity index (χ1v) is 17.6. The van der Waals surface area contributed by atoms with Crippen LogP contribution >= 0.6 is 0 Å². The van der Waals surface area contributed by atoms with E-state index in [1.807, 2.05) is 18.7 Å². The summed E-state index contributed by atoms with van der Waals surface area (Å²) in [4.78, 5) is 27.3. The zero-order chi connectivity index (χ0) is 30.7. The van der Waals surface area contributed by atoms with Crippen LogP contribution in [0.15, 0.2) is 24.3 Å². The van der Waals surface area contributed by atoms with Crippen molar-refractivity contribution < 1.29 is 17.9 Å². The Morgan fingerprint density at radius 3 is 2.42 bits per heavy atom. The molecule has 10 nitrogen and oxygen atoms in total. The molecule has 1 unspecified atom stereocenters. The molecule has 0 saturated carbocycles. The minimum Gasteiger partial charge on any atom is -0.368 e. The average Bonchev–Trinajstić information content (AvgIpc) is 3.00. The number of aromatic nitrogens is 2. The molecule has 1 aromatic heterocycles. The van der Waals surface area contributed by atoms with E-state index in [2.05, 4.69) is 51.4 Å². The third-order valence-electron chi connectivity index (χ3n) is 9.52. The highest BCUT2D eigenvalue weighted by Gasteiger charge is 2.33. The second-order valence-electron chi connectivity index (χ2n) is 12.6. The standard InChI is InChI=1S/C32H48N6O4S/c1-22-8-6-9-25(20-22)29-11-7-10-28(42-29)21-33-31-23(2)30(34-24(3)35-31)32(39)38-18-14-27(15-19-38)37-16-12-26(13-17-37)36(4)43(5,40)41/h6,8-9,20,26-29H,7,10-19,21H2,1-5H3,(H,33,34,35)/t28?,29-/m0/s1. The predicted octanol–water partition coefficient (Wildman–Crippen LogP) is 4.08. The number of nitrogens with one attached hydrogen (secondary N) is 1. The van der Waals surface area contributed by atoms with Gasteiger partial charge in [-0.25, -0.2) is 22.7 Å². The van der Waals surface area contributed by atoms with E-state index in [0.29, 0.717) is 43.0 Å². The fourth-order valence-electron chi connectivity index (χ4n) is 6.85. The van der Waals surface area contributed by atoms with Crippen molar-refractivity contribution in [2.45, 2.75) is 90.0 Å². The van der Waals surface area contributed by atoms with Crippen molar-refractivity contribution in [3.8, 4) is 0 Å². The molecule has 1 N–H and O–H groups in total. The first-order chi connectivity index (χ1) is 20.5. The van der Waals surface area contributed by atoms with Gasteiger partial charge in [-0.3, -0.25) is 4.79 Å². The molecule has 2 atom stereocenters. The van der Waals surface area contributed by atoms with Crippen LogP contribution in [0.25, 0.3) is 0 Å². The van der Waals surface area contributed by atoms with E-state index in [-0.39, 0.29) is 24.2 Å². The van der Waals surface area contributed by atoms with Gasteiger partial charge in [0.25, 0.3) is 5.91 Å². The van der Waals surface area contributed by atoms with E-state index < -0.39 is 10.0 Å². The van der Waals surface area contributed by atoms with Crippen molar-refractivity contribution >= 4 is 21.7 Å². The van der Waals surface area contributed by atoms with Gasteiger partial charge in [-0.05, 0) is 84.4 Å². The largest absolute Gasteiger partial charge is 0.368 e. The van der Waals surface area contributed by atoms with E-state index in [4.69, 9.17) is 4.74 Å². The Morgan fingerprint density at radius 1 is 1.02 bits per heavy atom. The number of sulfonamides is 1. The highest BCUT2D eigenvalue weighted by atomic mass is 32.2. The van der Waals surface area contributed by atoms with Crippen molar-refractivity contribution in [3.63, 3.8) is 0 Å². The van der Waals surface area contributed by atoms with Gasteiger partial charge in [-0.2, -0.15) is 0 Å². The molecule has 11 heteroatoms. The number of rotatable bonds is 8. The van der Waals surface area contributed by atoms with Gasteiger partial charge in [0.15, 0.2) is 0 Å². The van der Waals surface area contributed by atoms with Gasteiger partial charge in [-0.15, -0.1) is 0 Å². The number of hydrogen-bond donors (Lipinski definition) is 1. The Morgan fingerprint density at radius 2 is 1.74 bits per heavy atom. The molecular formula is C32H48N6O4S. The molecule has 1 aromatic carbocycles. The van der Waals surface area contributed by atoms with E-state index in [9.17, 15) is 13.2 Å². The second kappa shape index (κ2) is 13.6. The number of likely N-dealkylation sites (tertiary alicyclic amines) is 2. The maximum Gasteiger partial charge on any atom is 0.272 e. The highest BCUT2D eigenvalue weighted by Crippen LogP contribution is 2.32. The van der Waals surface area contributed by atoms with Crippen molar-refractivity contribution in [2.75, 3.05) is 51.3 Å². The SMILES string of the molecule is Cc1cccc([C@@H]2CCCC(CNc3nc(C)nc(C(=O)N4CCC(N5CCC(N(C)S(C)(=O)=O)CC5)CC4)c3C)O2)c1. The minimum atomic E-state index is -3.17. The van der Waals surface area contributed by atoms with Gasteiger partial charge in [0.2, 0.25) is 10.0 Å². The van der Waals surface area contributed by atoms with Crippen LogP contribution in [-0.2, 0) is 14.8 Å². The van der Waals surface area contributed by atoms with Crippen molar-refractivity contribution in [3.05, 3.63) is 52.5 Å². The number of carbonyl (C=O) groups excluding carboxylic acids is 1. The average molecular weight is 613 g/mol. The molecule has 0 radical (unpaired) electrons. The Labute approximate surface area is 257 Å². The normalized spacial score (nSPS) is 23.1. The Hall–Kier alpha value is -2.60. The van der Waals surface area contributed by atoms with Gasteiger partial charge in [-0.1, -0.05) is 29.8 Å². The Kier molecular flexibility index (Phi) is 10.0. The predicted molar refractivity (Wildman–Crippen MR) is 169 cm³/mol. The van der Waals surface area contributed by atoms with Crippen LogP contribution in [-0.4, -0.2) is 103 Å². The fourth-order valence-corrected chi connectivity index (χ4v) is 7.61. The number of amides is 1. The van der Waals surface area contributed by atoms with Crippen molar-refractivity contribution in [1.82, 2.24) is 24.1 Å². The minimum absolute atomic E-state index is 0.0357. The Bertz CT molecular complexity index is 1390. The number of ether oxygens (including phenoxy) is 1. The van der Waals surface area contributed by atoms with Crippen LogP contribution < -0.4 is 5.32 Å².